The van der Waals surface area contributed by atoms with Crippen molar-refractivity contribution in [2.24, 2.45) is 0 Å². The van der Waals surface area contributed by atoms with Gasteiger partial charge in [0.05, 0.1) is 12.4 Å². The number of carboxylic acid groups (broad SMARTS) is 1. The van der Waals surface area contributed by atoms with Crippen LogP contribution in [0, 0.1) is 0 Å². The fourth-order valence-corrected chi connectivity index (χ4v) is 3.41. The van der Waals surface area contributed by atoms with Crippen LogP contribution < -0.4 is 5.32 Å². The smallest absolute Gasteiger partial charge is 0.356 e. The predicted molar refractivity (Wildman–Crippen MR) is 79.8 cm³/mol. The number of aromatic nitrogens is 2. The highest BCUT2D eigenvalue weighted by Gasteiger charge is 2.30. The first kappa shape index (κ1) is 16.6. The molecule has 0 radical (unpaired) electrons. The van der Waals surface area contributed by atoms with E-state index in [1.165, 1.54) is 35.1 Å². The number of nitrogens with zero attached hydrogens (tertiary/aromatic N) is 4. The van der Waals surface area contributed by atoms with Gasteiger partial charge in [0.2, 0.25) is 0 Å². The fourth-order valence-electron chi connectivity index (χ4n) is 2.22. The quantitative estimate of drug-likeness (QED) is 0.772. The van der Waals surface area contributed by atoms with E-state index in [1.54, 1.807) is 0 Å². The molecule has 0 saturated carbocycles. The van der Waals surface area contributed by atoms with Gasteiger partial charge in [-0.1, -0.05) is 0 Å². The van der Waals surface area contributed by atoms with E-state index in [1.807, 2.05) is 0 Å². The van der Waals surface area contributed by atoms with Crippen molar-refractivity contribution in [3.63, 3.8) is 0 Å². The summed E-state index contributed by atoms with van der Waals surface area (Å²) >= 11 is 0. The number of hydrogen-bond donors (Lipinski definition) is 2. The van der Waals surface area contributed by atoms with Crippen molar-refractivity contribution in [1.29, 1.82) is 0 Å². The van der Waals surface area contributed by atoms with Gasteiger partial charge in [-0.25, -0.2) is 14.8 Å². The van der Waals surface area contributed by atoms with E-state index in [2.05, 4.69) is 15.3 Å². The predicted octanol–water partition coefficient (Wildman–Crippen LogP) is -0.142. The summed E-state index contributed by atoms with van der Waals surface area (Å²) in [5.41, 5.74) is -0.133. The zero-order chi connectivity index (χ0) is 16.3. The lowest BCUT2D eigenvalue weighted by molar-refractivity contribution is 0.0690. The highest BCUT2D eigenvalue weighted by molar-refractivity contribution is 7.86. The first-order valence-corrected chi connectivity index (χ1v) is 8.20. The lowest BCUT2D eigenvalue weighted by atomic mass is 10.1. The maximum absolute atomic E-state index is 12.1. The lowest BCUT2D eigenvalue weighted by Gasteiger charge is -2.33. The Morgan fingerprint density at radius 3 is 2.68 bits per heavy atom. The van der Waals surface area contributed by atoms with E-state index < -0.39 is 16.2 Å². The molecule has 0 amide bonds. The van der Waals surface area contributed by atoms with Crippen LogP contribution in [0.15, 0.2) is 12.4 Å². The molecule has 1 aromatic heterocycles. The van der Waals surface area contributed by atoms with Gasteiger partial charge in [-0.15, -0.1) is 0 Å². The number of carboxylic acids is 1. The molecule has 9 nitrogen and oxygen atoms in total. The van der Waals surface area contributed by atoms with Gasteiger partial charge in [0.15, 0.2) is 5.69 Å². The molecule has 22 heavy (non-hydrogen) atoms. The third kappa shape index (κ3) is 3.70. The summed E-state index contributed by atoms with van der Waals surface area (Å²) in [6.45, 7) is 0.825. The Balaban J connectivity index is 2.03. The Bertz CT molecular complexity index is 631. The van der Waals surface area contributed by atoms with Crippen molar-refractivity contribution < 1.29 is 18.3 Å². The third-order valence-electron chi connectivity index (χ3n) is 3.39. The van der Waals surface area contributed by atoms with Crippen molar-refractivity contribution in [2.45, 2.75) is 18.9 Å². The van der Waals surface area contributed by atoms with Crippen molar-refractivity contribution in [3.8, 4) is 0 Å². The van der Waals surface area contributed by atoms with E-state index in [0.717, 1.165) is 12.8 Å². The minimum Gasteiger partial charge on any atom is -0.476 e. The zero-order valence-corrected chi connectivity index (χ0v) is 13.2. The summed E-state index contributed by atoms with van der Waals surface area (Å²) in [6, 6.07) is -0.0894. The van der Waals surface area contributed by atoms with Crippen molar-refractivity contribution >= 4 is 22.0 Å². The summed E-state index contributed by atoms with van der Waals surface area (Å²) in [5, 5.41) is 11.9. The molecule has 2 rings (SSSR count). The van der Waals surface area contributed by atoms with E-state index in [9.17, 15) is 13.2 Å². The second-order valence-corrected chi connectivity index (χ2v) is 7.37. The Labute approximate surface area is 129 Å². The maximum atomic E-state index is 12.1. The molecule has 0 bridgehead atoms. The minimum absolute atomic E-state index is 0.0894. The highest BCUT2D eigenvalue weighted by atomic mass is 32.2. The molecule has 0 aliphatic carbocycles. The number of nitrogens with one attached hydrogen (secondary N) is 1. The molecule has 0 spiro atoms. The summed E-state index contributed by atoms with van der Waals surface area (Å²) < 4.78 is 26.9. The molecule has 1 aliphatic rings. The topological polar surface area (TPSA) is 116 Å². The molecule has 2 heterocycles. The van der Waals surface area contributed by atoms with Crippen LogP contribution in [-0.2, 0) is 10.2 Å². The number of hydrogen-bond acceptors (Lipinski definition) is 6. The summed E-state index contributed by atoms with van der Waals surface area (Å²) in [5.74, 6) is -0.709. The van der Waals surface area contributed by atoms with Gasteiger partial charge < -0.3 is 10.4 Å². The molecular weight excluding hydrogens is 310 g/mol. The molecule has 0 unspecified atom stereocenters. The Kier molecular flexibility index (Phi) is 4.94. The number of aromatic carboxylic acids is 1. The number of anilines is 1. The van der Waals surface area contributed by atoms with Gasteiger partial charge >= 0.3 is 5.97 Å². The standard InChI is InChI=1S/C12H19N5O4S/c1-16(2)22(20,21)17-5-3-4-9(8-17)15-11-7-13-10(6-14-11)12(18)19/h6-7,9H,3-5,8H2,1-2H3,(H,14,15)(H,18,19)/t9-/m1/s1. The Hall–Kier alpha value is -1.78. The van der Waals surface area contributed by atoms with Crippen LogP contribution in [-0.4, -0.2) is 71.3 Å². The molecule has 10 heteroatoms. The SMILES string of the molecule is CN(C)S(=O)(=O)N1CCC[C@@H](Nc2cnc(C(=O)O)cn2)C1. The number of carbonyl (C=O) groups is 1. The largest absolute Gasteiger partial charge is 0.476 e. The average molecular weight is 329 g/mol. The second kappa shape index (κ2) is 6.55. The summed E-state index contributed by atoms with van der Waals surface area (Å²) in [7, 11) is -0.425. The monoisotopic (exact) mass is 329 g/mol. The zero-order valence-electron chi connectivity index (χ0n) is 12.4. The van der Waals surface area contributed by atoms with Gasteiger partial charge in [-0.2, -0.15) is 17.0 Å². The molecule has 1 fully saturated rings. The molecule has 1 saturated heterocycles. The normalized spacial score (nSPS) is 20.0. The molecule has 1 aliphatic heterocycles. The minimum atomic E-state index is -3.43. The molecule has 122 valence electrons. The molecular formula is C12H19N5O4S. The van der Waals surface area contributed by atoms with Crippen LogP contribution in [0.25, 0.3) is 0 Å². The van der Waals surface area contributed by atoms with Gasteiger partial charge in [0, 0.05) is 33.2 Å². The van der Waals surface area contributed by atoms with Crippen LogP contribution >= 0.6 is 0 Å². The van der Waals surface area contributed by atoms with Crippen molar-refractivity contribution in [2.75, 3.05) is 32.5 Å². The molecule has 1 aromatic rings. The Morgan fingerprint density at radius 1 is 1.41 bits per heavy atom. The number of piperidine rings is 1. The fraction of sp³-hybridized carbons (Fsp3) is 0.583. The van der Waals surface area contributed by atoms with Crippen molar-refractivity contribution in [3.05, 3.63) is 18.1 Å². The van der Waals surface area contributed by atoms with E-state index >= 15 is 0 Å². The van der Waals surface area contributed by atoms with Crippen molar-refractivity contribution in [1.82, 2.24) is 18.6 Å². The summed E-state index contributed by atoms with van der Waals surface area (Å²) in [6.07, 6.45) is 4.05. The van der Waals surface area contributed by atoms with Crippen LogP contribution in [0.1, 0.15) is 23.3 Å². The first-order valence-electron chi connectivity index (χ1n) is 6.80. The summed E-state index contributed by atoms with van der Waals surface area (Å²) in [4.78, 5) is 18.5. The van der Waals surface area contributed by atoms with E-state index in [4.69, 9.17) is 5.11 Å². The maximum Gasteiger partial charge on any atom is 0.356 e. The average Bonchev–Trinajstić information content (AvgIpc) is 2.48. The molecule has 1 atom stereocenters. The van der Waals surface area contributed by atoms with Crippen LogP contribution in [0.4, 0.5) is 5.82 Å². The number of rotatable bonds is 5. The van der Waals surface area contributed by atoms with Gasteiger partial charge in [-0.05, 0) is 12.8 Å². The van der Waals surface area contributed by atoms with E-state index in [-0.39, 0.29) is 11.7 Å². The highest BCUT2D eigenvalue weighted by Crippen LogP contribution is 2.18. The second-order valence-electron chi connectivity index (χ2n) is 5.22. The third-order valence-corrected chi connectivity index (χ3v) is 5.30. The van der Waals surface area contributed by atoms with Gasteiger partial charge in [-0.3, -0.25) is 0 Å². The Morgan fingerprint density at radius 2 is 2.14 bits per heavy atom. The van der Waals surface area contributed by atoms with Crippen LogP contribution in [0.2, 0.25) is 0 Å². The first-order chi connectivity index (χ1) is 10.3. The molecule has 2 N–H and O–H groups in total. The lowest BCUT2D eigenvalue weighted by Crippen LogP contribution is -2.49. The van der Waals surface area contributed by atoms with Gasteiger partial charge in [0.25, 0.3) is 10.2 Å². The van der Waals surface area contributed by atoms with E-state index in [0.29, 0.717) is 18.9 Å². The van der Waals surface area contributed by atoms with Gasteiger partial charge in [0.1, 0.15) is 5.82 Å². The molecule has 0 aromatic carbocycles. The van der Waals surface area contributed by atoms with Crippen LogP contribution in [0.3, 0.4) is 0 Å². The van der Waals surface area contributed by atoms with Crippen LogP contribution in [0.5, 0.6) is 0 Å².